The van der Waals surface area contributed by atoms with Gasteiger partial charge in [0, 0.05) is 17.8 Å². The lowest BCUT2D eigenvalue weighted by molar-refractivity contribution is 0.737. The van der Waals surface area contributed by atoms with Gasteiger partial charge in [0.1, 0.15) is 4.60 Å². The van der Waals surface area contributed by atoms with E-state index < -0.39 is 0 Å². The molecule has 1 unspecified atom stereocenters. The minimum atomic E-state index is -0.258. The van der Waals surface area contributed by atoms with Crippen molar-refractivity contribution in [2.45, 2.75) is 19.4 Å². The van der Waals surface area contributed by atoms with Crippen molar-refractivity contribution in [3.63, 3.8) is 0 Å². The molecule has 0 saturated carbocycles. The first-order valence-electron chi connectivity index (χ1n) is 3.89. The largest absolute Gasteiger partial charge is 0.323 e. The minimum Gasteiger partial charge on any atom is -0.323 e. The summed E-state index contributed by atoms with van der Waals surface area (Å²) in [6, 6.07) is 3.72. The average molecular weight is 240 g/mol. The molecule has 0 bridgehead atoms. The summed E-state index contributed by atoms with van der Waals surface area (Å²) in [4.78, 5) is 4.11. The van der Waals surface area contributed by atoms with E-state index in [1.54, 1.807) is 6.20 Å². The van der Waals surface area contributed by atoms with E-state index in [4.69, 9.17) is 11.0 Å². The number of nitrogens with zero attached hydrogens (tertiary/aromatic N) is 2. The zero-order chi connectivity index (χ0) is 9.84. The third kappa shape index (κ3) is 2.51. The summed E-state index contributed by atoms with van der Waals surface area (Å²) in [5.41, 5.74) is 7.72. The van der Waals surface area contributed by atoms with Gasteiger partial charge in [-0.25, -0.2) is 4.98 Å². The molecule has 1 aromatic heterocycles. The number of hydrogen-bond acceptors (Lipinski definition) is 3. The Hall–Kier alpha value is -0.920. The number of nitriles is 1. The second-order valence-electron chi connectivity index (χ2n) is 2.86. The first-order chi connectivity index (χ1) is 6.15. The Labute approximate surface area is 85.7 Å². The zero-order valence-corrected chi connectivity index (χ0v) is 8.87. The number of aromatic nitrogens is 1. The molecule has 1 rings (SSSR count). The van der Waals surface area contributed by atoms with Crippen molar-refractivity contribution in [1.29, 1.82) is 5.26 Å². The topological polar surface area (TPSA) is 62.7 Å². The first-order valence-corrected chi connectivity index (χ1v) is 4.69. The number of rotatable bonds is 2. The van der Waals surface area contributed by atoms with Crippen LogP contribution >= 0.6 is 15.9 Å². The van der Waals surface area contributed by atoms with Crippen molar-refractivity contribution in [2.24, 2.45) is 5.73 Å². The lowest BCUT2D eigenvalue weighted by Crippen LogP contribution is -2.10. The Balaban J connectivity index is 3.00. The van der Waals surface area contributed by atoms with Crippen LogP contribution < -0.4 is 5.73 Å². The predicted molar refractivity (Wildman–Crippen MR) is 53.8 cm³/mol. The van der Waals surface area contributed by atoms with Crippen LogP contribution in [0.2, 0.25) is 0 Å². The second-order valence-corrected chi connectivity index (χ2v) is 3.61. The van der Waals surface area contributed by atoms with Gasteiger partial charge in [0.25, 0.3) is 0 Å². The zero-order valence-electron chi connectivity index (χ0n) is 7.29. The number of halogens is 1. The SMILES string of the molecule is Cc1cnc(Br)c(C(N)CC#N)c1. The molecule has 2 N–H and O–H groups in total. The van der Waals surface area contributed by atoms with E-state index in [2.05, 4.69) is 20.9 Å². The molecule has 1 atom stereocenters. The molecule has 0 spiro atoms. The van der Waals surface area contributed by atoms with Crippen molar-refractivity contribution in [1.82, 2.24) is 4.98 Å². The van der Waals surface area contributed by atoms with Gasteiger partial charge in [0.05, 0.1) is 12.5 Å². The highest BCUT2D eigenvalue weighted by molar-refractivity contribution is 9.10. The molecule has 0 amide bonds. The molecule has 0 saturated heterocycles. The van der Waals surface area contributed by atoms with E-state index in [0.717, 1.165) is 15.7 Å². The Morgan fingerprint density at radius 1 is 1.77 bits per heavy atom. The standard InChI is InChI=1S/C9H10BrN3/c1-6-4-7(8(12)2-3-11)9(10)13-5-6/h4-5,8H,2,12H2,1H3. The quantitative estimate of drug-likeness (QED) is 0.805. The maximum atomic E-state index is 8.49. The highest BCUT2D eigenvalue weighted by atomic mass is 79.9. The maximum absolute atomic E-state index is 8.49. The molecule has 3 nitrogen and oxygen atoms in total. The molecular formula is C9H10BrN3. The van der Waals surface area contributed by atoms with Gasteiger partial charge in [-0.2, -0.15) is 5.26 Å². The van der Waals surface area contributed by atoms with Crippen LogP contribution in [-0.2, 0) is 0 Å². The van der Waals surface area contributed by atoms with Crippen LogP contribution in [0, 0.1) is 18.3 Å². The summed E-state index contributed by atoms with van der Waals surface area (Å²) in [6.45, 7) is 1.95. The molecule has 0 aliphatic carbocycles. The summed E-state index contributed by atoms with van der Waals surface area (Å²) in [5, 5.41) is 8.49. The van der Waals surface area contributed by atoms with E-state index >= 15 is 0 Å². The van der Waals surface area contributed by atoms with Crippen molar-refractivity contribution >= 4 is 15.9 Å². The Morgan fingerprint density at radius 2 is 2.46 bits per heavy atom. The number of pyridine rings is 1. The molecule has 13 heavy (non-hydrogen) atoms. The van der Waals surface area contributed by atoms with Crippen LogP contribution in [0.5, 0.6) is 0 Å². The maximum Gasteiger partial charge on any atom is 0.110 e. The normalized spacial score (nSPS) is 12.2. The third-order valence-corrected chi connectivity index (χ3v) is 2.38. The Kier molecular flexibility index (Phi) is 3.40. The molecule has 0 aliphatic rings. The van der Waals surface area contributed by atoms with Gasteiger partial charge in [-0.1, -0.05) is 6.07 Å². The van der Waals surface area contributed by atoms with Crippen LogP contribution in [0.15, 0.2) is 16.9 Å². The molecule has 4 heteroatoms. The molecule has 0 fully saturated rings. The number of nitrogens with two attached hydrogens (primary N) is 1. The average Bonchev–Trinajstić information content (AvgIpc) is 2.09. The van der Waals surface area contributed by atoms with Gasteiger partial charge >= 0.3 is 0 Å². The molecule has 1 heterocycles. The van der Waals surface area contributed by atoms with Crippen LogP contribution in [0.3, 0.4) is 0 Å². The van der Waals surface area contributed by atoms with Crippen molar-refractivity contribution < 1.29 is 0 Å². The van der Waals surface area contributed by atoms with Gasteiger partial charge in [-0.3, -0.25) is 0 Å². The fourth-order valence-corrected chi connectivity index (χ4v) is 1.55. The van der Waals surface area contributed by atoms with E-state index in [1.165, 1.54) is 0 Å². The van der Waals surface area contributed by atoms with Crippen LogP contribution in [0.25, 0.3) is 0 Å². The smallest absolute Gasteiger partial charge is 0.110 e. The fourth-order valence-electron chi connectivity index (χ4n) is 1.04. The summed E-state index contributed by atoms with van der Waals surface area (Å²) in [6.07, 6.45) is 2.07. The summed E-state index contributed by atoms with van der Waals surface area (Å²) in [7, 11) is 0. The fraction of sp³-hybridized carbons (Fsp3) is 0.333. The minimum absolute atomic E-state index is 0.258. The molecule has 0 aromatic carbocycles. The van der Waals surface area contributed by atoms with E-state index in [-0.39, 0.29) is 6.04 Å². The van der Waals surface area contributed by atoms with E-state index in [1.807, 2.05) is 19.1 Å². The van der Waals surface area contributed by atoms with Crippen LogP contribution in [-0.4, -0.2) is 4.98 Å². The second kappa shape index (κ2) is 4.35. The van der Waals surface area contributed by atoms with Gasteiger partial charge in [0.2, 0.25) is 0 Å². The van der Waals surface area contributed by atoms with E-state index in [0.29, 0.717) is 6.42 Å². The molecule has 0 aliphatic heterocycles. The van der Waals surface area contributed by atoms with E-state index in [9.17, 15) is 0 Å². The van der Waals surface area contributed by atoms with Crippen molar-refractivity contribution in [2.75, 3.05) is 0 Å². The summed E-state index contributed by atoms with van der Waals surface area (Å²) < 4.78 is 0.723. The molecule has 0 radical (unpaired) electrons. The third-order valence-electron chi connectivity index (χ3n) is 1.71. The number of aryl methyl sites for hydroxylation is 1. The predicted octanol–water partition coefficient (Wildman–Crippen LogP) is 2.07. The highest BCUT2D eigenvalue weighted by Gasteiger charge is 2.10. The van der Waals surface area contributed by atoms with Crippen molar-refractivity contribution in [3.05, 3.63) is 28.0 Å². The van der Waals surface area contributed by atoms with Gasteiger partial charge in [0.15, 0.2) is 0 Å². The summed E-state index contributed by atoms with van der Waals surface area (Å²) >= 11 is 3.30. The Morgan fingerprint density at radius 3 is 3.08 bits per heavy atom. The Bertz CT molecular complexity index is 343. The van der Waals surface area contributed by atoms with Gasteiger partial charge < -0.3 is 5.73 Å². The number of hydrogen-bond donors (Lipinski definition) is 1. The highest BCUT2D eigenvalue weighted by Crippen LogP contribution is 2.22. The lowest BCUT2D eigenvalue weighted by atomic mass is 10.1. The summed E-state index contributed by atoms with van der Waals surface area (Å²) in [5.74, 6) is 0. The first kappa shape index (κ1) is 10.2. The van der Waals surface area contributed by atoms with Crippen LogP contribution in [0.4, 0.5) is 0 Å². The molecular weight excluding hydrogens is 230 g/mol. The van der Waals surface area contributed by atoms with Crippen molar-refractivity contribution in [3.8, 4) is 6.07 Å². The van der Waals surface area contributed by atoms with Gasteiger partial charge in [-0.15, -0.1) is 0 Å². The van der Waals surface area contributed by atoms with Crippen LogP contribution in [0.1, 0.15) is 23.6 Å². The molecule has 1 aromatic rings. The van der Waals surface area contributed by atoms with Gasteiger partial charge in [-0.05, 0) is 28.4 Å². The monoisotopic (exact) mass is 239 g/mol. The molecule has 68 valence electrons. The lowest BCUT2D eigenvalue weighted by Gasteiger charge is -2.09.